The summed E-state index contributed by atoms with van der Waals surface area (Å²) in [5.74, 6) is 0.886. The number of thioether (sulfide) groups is 1. The van der Waals surface area contributed by atoms with Gasteiger partial charge in [-0.2, -0.15) is 11.8 Å². The molecule has 0 aliphatic heterocycles. The summed E-state index contributed by atoms with van der Waals surface area (Å²) in [5.41, 5.74) is 1.74. The smallest absolute Gasteiger partial charge is 0.210 e. The topological polar surface area (TPSA) is 46.2 Å². The van der Waals surface area contributed by atoms with Gasteiger partial charge in [0.2, 0.25) is 10.0 Å². The maximum Gasteiger partial charge on any atom is 0.240 e. The lowest BCUT2D eigenvalue weighted by atomic mass is 10.2. The van der Waals surface area contributed by atoms with Crippen molar-refractivity contribution in [2.75, 3.05) is 12.3 Å². The van der Waals surface area contributed by atoms with Crippen LogP contribution in [0.3, 0.4) is 0 Å². The summed E-state index contributed by atoms with van der Waals surface area (Å²) in [4.78, 5) is 0.272. The minimum absolute atomic E-state index is 0.225. The standard InChI is InChI=1S/C17H20FNO2S2/c1-2-14-7-9-16(10-8-14)23(20,21)19-11-12-22-13-15-5-3-4-6-17(15)18/h3-10,19H,2,11-13H2,1H3. The van der Waals surface area contributed by atoms with E-state index in [0.717, 1.165) is 12.0 Å². The highest BCUT2D eigenvalue weighted by atomic mass is 32.2. The summed E-state index contributed by atoms with van der Waals surface area (Å²) < 4.78 is 40.3. The van der Waals surface area contributed by atoms with E-state index in [1.165, 1.54) is 17.8 Å². The van der Waals surface area contributed by atoms with Gasteiger partial charge in [-0.05, 0) is 35.7 Å². The first-order chi connectivity index (χ1) is 11.0. The molecule has 0 amide bonds. The number of halogens is 1. The van der Waals surface area contributed by atoms with E-state index >= 15 is 0 Å². The molecule has 2 rings (SSSR count). The molecule has 0 aromatic heterocycles. The molecule has 0 atom stereocenters. The first-order valence-corrected chi connectivity index (χ1v) is 10.1. The first-order valence-electron chi connectivity index (χ1n) is 7.42. The van der Waals surface area contributed by atoms with E-state index in [0.29, 0.717) is 23.6 Å². The molecule has 1 N–H and O–H groups in total. The van der Waals surface area contributed by atoms with Crippen LogP contribution in [0.5, 0.6) is 0 Å². The van der Waals surface area contributed by atoms with Crippen molar-refractivity contribution in [3.8, 4) is 0 Å². The van der Waals surface area contributed by atoms with Crippen molar-refractivity contribution in [2.24, 2.45) is 0 Å². The Bertz CT molecular complexity index is 731. The fourth-order valence-corrected chi connectivity index (χ4v) is 4.04. The summed E-state index contributed by atoms with van der Waals surface area (Å²) >= 11 is 1.50. The Morgan fingerprint density at radius 2 is 1.78 bits per heavy atom. The van der Waals surface area contributed by atoms with E-state index < -0.39 is 10.0 Å². The van der Waals surface area contributed by atoms with Crippen molar-refractivity contribution in [3.63, 3.8) is 0 Å². The Labute approximate surface area is 141 Å². The predicted octanol–water partition coefficient (Wildman–Crippen LogP) is 3.60. The number of rotatable bonds is 8. The zero-order valence-corrected chi connectivity index (χ0v) is 14.6. The lowest BCUT2D eigenvalue weighted by molar-refractivity contribution is 0.584. The van der Waals surface area contributed by atoms with Crippen LogP contribution in [-0.4, -0.2) is 20.7 Å². The van der Waals surface area contributed by atoms with Crippen molar-refractivity contribution in [3.05, 3.63) is 65.5 Å². The van der Waals surface area contributed by atoms with Crippen molar-refractivity contribution >= 4 is 21.8 Å². The Morgan fingerprint density at radius 1 is 1.09 bits per heavy atom. The molecule has 2 aromatic rings. The second kappa shape index (κ2) is 8.47. The normalized spacial score (nSPS) is 11.6. The van der Waals surface area contributed by atoms with Crippen molar-refractivity contribution in [1.29, 1.82) is 0 Å². The van der Waals surface area contributed by atoms with E-state index in [9.17, 15) is 12.8 Å². The molecule has 0 aliphatic rings. The van der Waals surface area contributed by atoms with E-state index in [1.54, 1.807) is 30.3 Å². The minimum atomic E-state index is -3.48. The summed E-state index contributed by atoms with van der Waals surface area (Å²) in [6.45, 7) is 2.34. The largest absolute Gasteiger partial charge is 0.240 e. The molecular formula is C17H20FNO2S2. The first kappa shape index (κ1) is 18.0. The van der Waals surface area contributed by atoms with Crippen LogP contribution in [-0.2, 0) is 22.2 Å². The third-order valence-corrected chi connectivity index (χ3v) is 5.88. The van der Waals surface area contributed by atoms with E-state index in [-0.39, 0.29) is 10.7 Å². The summed E-state index contributed by atoms with van der Waals surface area (Å²) in [7, 11) is -3.48. The molecule has 0 saturated heterocycles. The van der Waals surface area contributed by atoms with Gasteiger partial charge in [0.15, 0.2) is 0 Å². The average Bonchev–Trinajstić information content (AvgIpc) is 2.56. The SMILES string of the molecule is CCc1ccc(S(=O)(=O)NCCSCc2ccccc2F)cc1. The summed E-state index contributed by atoms with van der Waals surface area (Å²) in [6, 6.07) is 13.5. The molecule has 3 nitrogen and oxygen atoms in total. The molecular weight excluding hydrogens is 333 g/mol. The Balaban J connectivity index is 1.79. The molecule has 6 heteroatoms. The Kier molecular flexibility index (Phi) is 6.62. The van der Waals surface area contributed by atoms with Gasteiger partial charge in [-0.3, -0.25) is 0 Å². The molecule has 124 valence electrons. The molecule has 0 saturated carbocycles. The fourth-order valence-electron chi connectivity index (χ4n) is 2.03. The van der Waals surface area contributed by atoms with Crippen molar-refractivity contribution < 1.29 is 12.8 Å². The van der Waals surface area contributed by atoms with Gasteiger partial charge in [-0.15, -0.1) is 0 Å². The van der Waals surface area contributed by atoms with Crippen LogP contribution in [0.25, 0.3) is 0 Å². The van der Waals surface area contributed by atoms with Crippen LogP contribution in [0.1, 0.15) is 18.1 Å². The van der Waals surface area contributed by atoms with E-state index in [2.05, 4.69) is 4.72 Å². The highest BCUT2D eigenvalue weighted by molar-refractivity contribution is 7.98. The van der Waals surface area contributed by atoms with Crippen LogP contribution >= 0.6 is 11.8 Å². The lowest BCUT2D eigenvalue weighted by Crippen LogP contribution is -2.26. The number of sulfonamides is 1. The minimum Gasteiger partial charge on any atom is -0.210 e. The maximum absolute atomic E-state index is 13.4. The van der Waals surface area contributed by atoms with E-state index in [4.69, 9.17) is 0 Å². The average molecular weight is 353 g/mol. The number of hydrogen-bond donors (Lipinski definition) is 1. The zero-order valence-electron chi connectivity index (χ0n) is 13.0. The molecule has 2 aromatic carbocycles. The third-order valence-electron chi connectivity index (χ3n) is 3.40. The van der Waals surface area contributed by atoms with Crippen LogP contribution in [0.15, 0.2) is 53.4 Å². The molecule has 0 unspecified atom stereocenters. The number of benzene rings is 2. The number of nitrogens with one attached hydrogen (secondary N) is 1. The van der Waals surface area contributed by atoms with Gasteiger partial charge >= 0.3 is 0 Å². The molecule has 0 spiro atoms. The van der Waals surface area contributed by atoms with Crippen LogP contribution in [0, 0.1) is 5.82 Å². The van der Waals surface area contributed by atoms with Gasteiger partial charge in [-0.25, -0.2) is 17.5 Å². The van der Waals surface area contributed by atoms with Gasteiger partial charge < -0.3 is 0 Å². The highest BCUT2D eigenvalue weighted by Crippen LogP contribution is 2.15. The predicted molar refractivity (Wildman–Crippen MR) is 93.6 cm³/mol. The van der Waals surface area contributed by atoms with Gasteiger partial charge in [0, 0.05) is 18.1 Å². The van der Waals surface area contributed by atoms with Gasteiger partial charge in [0.25, 0.3) is 0 Å². The van der Waals surface area contributed by atoms with Crippen molar-refractivity contribution in [2.45, 2.75) is 24.0 Å². The second-order valence-corrected chi connectivity index (χ2v) is 7.91. The Morgan fingerprint density at radius 3 is 2.43 bits per heavy atom. The van der Waals surface area contributed by atoms with Crippen LogP contribution in [0.4, 0.5) is 4.39 Å². The molecule has 0 heterocycles. The van der Waals surface area contributed by atoms with Gasteiger partial charge in [-0.1, -0.05) is 37.3 Å². The highest BCUT2D eigenvalue weighted by Gasteiger charge is 2.12. The zero-order chi connectivity index (χ0) is 16.7. The fraction of sp³-hybridized carbons (Fsp3) is 0.294. The van der Waals surface area contributed by atoms with Crippen LogP contribution in [0.2, 0.25) is 0 Å². The maximum atomic E-state index is 13.4. The quantitative estimate of drug-likeness (QED) is 0.738. The number of hydrogen-bond acceptors (Lipinski definition) is 3. The summed E-state index contributed by atoms with van der Waals surface area (Å²) in [6.07, 6.45) is 0.875. The van der Waals surface area contributed by atoms with Crippen molar-refractivity contribution in [1.82, 2.24) is 4.72 Å². The molecule has 0 bridgehead atoms. The lowest BCUT2D eigenvalue weighted by Gasteiger charge is -2.08. The molecule has 0 aliphatic carbocycles. The van der Waals surface area contributed by atoms with Gasteiger partial charge in [0.1, 0.15) is 5.82 Å². The monoisotopic (exact) mass is 353 g/mol. The molecule has 23 heavy (non-hydrogen) atoms. The summed E-state index contributed by atoms with van der Waals surface area (Å²) in [5, 5.41) is 0. The van der Waals surface area contributed by atoms with Gasteiger partial charge in [0.05, 0.1) is 4.90 Å². The molecule has 0 fully saturated rings. The molecule has 0 radical (unpaired) electrons. The second-order valence-electron chi connectivity index (χ2n) is 5.04. The third kappa shape index (κ3) is 5.34. The van der Waals surface area contributed by atoms with Crippen LogP contribution < -0.4 is 4.72 Å². The Hall–Kier alpha value is -1.37. The van der Waals surface area contributed by atoms with E-state index in [1.807, 2.05) is 19.1 Å². The number of aryl methyl sites for hydroxylation is 1.